The lowest BCUT2D eigenvalue weighted by atomic mass is 10.1. The van der Waals surface area contributed by atoms with Crippen molar-refractivity contribution in [2.24, 2.45) is 4.99 Å². The number of rotatable bonds is 6. The van der Waals surface area contributed by atoms with Crippen LogP contribution in [-0.4, -0.2) is 32.5 Å². The molecule has 26 heavy (non-hydrogen) atoms. The topological polar surface area (TPSA) is 89.3 Å². The van der Waals surface area contributed by atoms with Crippen molar-refractivity contribution in [3.63, 3.8) is 0 Å². The van der Waals surface area contributed by atoms with Crippen molar-refractivity contribution in [3.05, 3.63) is 70.8 Å². The molecule has 0 aliphatic heterocycles. The van der Waals surface area contributed by atoms with E-state index in [0.29, 0.717) is 30.2 Å². The van der Waals surface area contributed by atoms with Gasteiger partial charge in [-0.3, -0.25) is 9.79 Å². The van der Waals surface area contributed by atoms with Crippen molar-refractivity contribution < 1.29 is 4.79 Å². The maximum atomic E-state index is 11.7. The predicted molar refractivity (Wildman–Crippen MR) is 103 cm³/mol. The molecular formula is C20H23N5O. The molecule has 0 spiro atoms. The van der Waals surface area contributed by atoms with Gasteiger partial charge in [-0.15, -0.1) is 0 Å². The molecule has 134 valence electrons. The van der Waals surface area contributed by atoms with E-state index in [1.54, 1.807) is 32.3 Å². The SMILES string of the molecule is CN=C(NCCc1cccc(C(=O)NC)c1)NCc1ccc(C#N)cc1. The van der Waals surface area contributed by atoms with Crippen molar-refractivity contribution >= 4 is 11.9 Å². The summed E-state index contributed by atoms with van der Waals surface area (Å²) < 4.78 is 0. The van der Waals surface area contributed by atoms with E-state index in [4.69, 9.17) is 5.26 Å². The molecule has 0 heterocycles. The molecular weight excluding hydrogens is 326 g/mol. The average Bonchev–Trinajstić information content (AvgIpc) is 2.70. The van der Waals surface area contributed by atoms with E-state index in [9.17, 15) is 4.79 Å². The summed E-state index contributed by atoms with van der Waals surface area (Å²) in [4.78, 5) is 15.9. The molecule has 0 radical (unpaired) electrons. The van der Waals surface area contributed by atoms with Crippen LogP contribution in [0.2, 0.25) is 0 Å². The van der Waals surface area contributed by atoms with Crippen molar-refractivity contribution in [3.8, 4) is 6.07 Å². The van der Waals surface area contributed by atoms with Gasteiger partial charge in [0.05, 0.1) is 11.6 Å². The molecule has 1 amide bonds. The summed E-state index contributed by atoms with van der Waals surface area (Å²) in [6.45, 7) is 1.32. The van der Waals surface area contributed by atoms with Crippen LogP contribution >= 0.6 is 0 Å². The van der Waals surface area contributed by atoms with E-state index in [-0.39, 0.29) is 5.91 Å². The van der Waals surface area contributed by atoms with Gasteiger partial charge >= 0.3 is 0 Å². The number of amides is 1. The zero-order valence-corrected chi connectivity index (χ0v) is 15.0. The standard InChI is InChI=1S/C20H23N5O/c1-22-19(26)18-5-3-4-15(12-18)10-11-24-20(23-2)25-14-17-8-6-16(13-21)7-9-17/h3-9,12H,10-11,14H2,1-2H3,(H,22,26)(H2,23,24,25). The number of carbonyl (C=O) groups excluding carboxylic acids is 1. The first-order valence-electron chi connectivity index (χ1n) is 8.41. The van der Waals surface area contributed by atoms with Gasteiger partial charge < -0.3 is 16.0 Å². The molecule has 0 aliphatic carbocycles. The third kappa shape index (κ3) is 5.64. The Labute approximate surface area is 154 Å². The molecule has 2 aromatic rings. The summed E-state index contributed by atoms with van der Waals surface area (Å²) in [5.74, 6) is 0.622. The number of carbonyl (C=O) groups is 1. The van der Waals surface area contributed by atoms with Crippen molar-refractivity contribution in [1.82, 2.24) is 16.0 Å². The molecule has 0 unspecified atom stereocenters. The number of nitrogens with one attached hydrogen (secondary N) is 3. The van der Waals surface area contributed by atoms with Gasteiger partial charge in [-0.2, -0.15) is 5.26 Å². The summed E-state index contributed by atoms with van der Waals surface area (Å²) >= 11 is 0. The van der Waals surface area contributed by atoms with E-state index in [0.717, 1.165) is 17.5 Å². The Bertz CT molecular complexity index is 806. The van der Waals surface area contributed by atoms with E-state index in [1.807, 2.05) is 30.3 Å². The second-order valence-electron chi connectivity index (χ2n) is 5.69. The van der Waals surface area contributed by atoms with E-state index < -0.39 is 0 Å². The number of hydrogen-bond donors (Lipinski definition) is 3. The van der Waals surface area contributed by atoms with Gasteiger partial charge in [-0.1, -0.05) is 24.3 Å². The quantitative estimate of drug-likeness (QED) is 0.548. The minimum Gasteiger partial charge on any atom is -0.356 e. The fourth-order valence-electron chi connectivity index (χ4n) is 2.44. The largest absolute Gasteiger partial charge is 0.356 e. The Morgan fingerprint density at radius 3 is 2.54 bits per heavy atom. The van der Waals surface area contributed by atoms with Crippen molar-refractivity contribution in [2.45, 2.75) is 13.0 Å². The van der Waals surface area contributed by atoms with Gasteiger partial charge in [0.25, 0.3) is 5.91 Å². The minimum atomic E-state index is -0.0836. The molecule has 6 heteroatoms. The van der Waals surface area contributed by atoms with Crippen LogP contribution in [0.5, 0.6) is 0 Å². The van der Waals surface area contributed by atoms with E-state index in [1.165, 1.54) is 0 Å². The highest BCUT2D eigenvalue weighted by molar-refractivity contribution is 5.94. The molecule has 0 saturated heterocycles. The van der Waals surface area contributed by atoms with Crippen LogP contribution in [0, 0.1) is 11.3 Å². The number of aliphatic imine (C=N–C) groups is 1. The minimum absolute atomic E-state index is 0.0836. The molecule has 0 saturated carbocycles. The Morgan fingerprint density at radius 1 is 1.12 bits per heavy atom. The molecule has 0 aliphatic rings. The first-order chi connectivity index (χ1) is 12.7. The van der Waals surface area contributed by atoms with Crippen LogP contribution in [0.1, 0.15) is 27.0 Å². The number of guanidine groups is 1. The number of nitrogens with zero attached hydrogens (tertiary/aromatic N) is 2. The van der Waals surface area contributed by atoms with E-state index >= 15 is 0 Å². The molecule has 6 nitrogen and oxygen atoms in total. The van der Waals surface area contributed by atoms with Gasteiger partial charge in [-0.05, 0) is 41.8 Å². The van der Waals surface area contributed by atoms with E-state index in [2.05, 4.69) is 27.0 Å². The number of nitriles is 1. The van der Waals surface area contributed by atoms with Gasteiger partial charge in [0, 0.05) is 32.7 Å². The third-order valence-electron chi connectivity index (χ3n) is 3.89. The lowest BCUT2D eigenvalue weighted by molar-refractivity contribution is 0.0963. The Hall–Kier alpha value is -3.33. The Balaban J connectivity index is 1.81. The van der Waals surface area contributed by atoms with Gasteiger partial charge in [0.15, 0.2) is 5.96 Å². The first-order valence-corrected chi connectivity index (χ1v) is 8.41. The van der Waals surface area contributed by atoms with Crippen molar-refractivity contribution in [2.75, 3.05) is 20.6 Å². The highest BCUT2D eigenvalue weighted by Crippen LogP contribution is 2.06. The molecule has 0 fully saturated rings. The second-order valence-corrected chi connectivity index (χ2v) is 5.69. The molecule has 2 rings (SSSR count). The lowest BCUT2D eigenvalue weighted by Crippen LogP contribution is -2.37. The van der Waals surface area contributed by atoms with Crippen LogP contribution in [0.4, 0.5) is 0 Å². The zero-order valence-electron chi connectivity index (χ0n) is 15.0. The summed E-state index contributed by atoms with van der Waals surface area (Å²) in [7, 11) is 3.35. The molecule has 3 N–H and O–H groups in total. The van der Waals surface area contributed by atoms with Crippen LogP contribution in [0.25, 0.3) is 0 Å². The lowest BCUT2D eigenvalue weighted by Gasteiger charge is -2.12. The average molecular weight is 349 g/mol. The zero-order chi connectivity index (χ0) is 18.8. The number of benzene rings is 2. The Morgan fingerprint density at radius 2 is 1.88 bits per heavy atom. The van der Waals surface area contributed by atoms with Crippen LogP contribution in [0.15, 0.2) is 53.5 Å². The van der Waals surface area contributed by atoms with Crippen molar-refractivity contribution in [1.29, 1.82) is 5.26 Å². The highest BCUT2D eigenvalue weighted by Gasteiger charge is 2.04. The van der Waals surface area contributed by atoms with Crippen LogP contribution in [0.3, 0.4) is 0 Å². The first kappa shape index (κ1) is 19.0. The smallest absolute Gasteiger partial charge is 0.251 e. The maximum absolute atomic E-state index is 11.7. The summed E-state index contributed by atoms with van der Waals surface area (Å²) in [5.41, 5.74) is 3.47. The fraction of sp³-hybridized carbons (Fsp3) is 0.250. The van der Waals surface area contributed by atoms with Gasteiger partial charge in [0.1, 0.15) is 0 Å². The highest BCUT2D eigenvalue weighted by atomic mass is 16.1. The molecule has 0 aromatic heterocycles. The summed E-state index contributed by atoms with van der Waals surface area (Å²) in [6, 6.07) is 17.1. The molecule has 0 atom stereocenters. The molecule has 2 aromatic carbocycles. The fourth-order valence-corrected chi connectivity index (χ4v) is 2.44. The second kappa shape index (κ2) is 9.84. The Kier molecular flexibility index (Phi) is 7.19. The van der Waals surface area contributed by atoms with Gasteiger partial charge in [0.2, 0.25) is 0 Å². The predicted octanol–water partition coefficient (Wildman–Crippen LogP) is 1.83. The maximum Gasteiger partial charge on any atom is 0.251 e. The monoisotopic (exact) mass is 349 g/mol. The van der Waals surface area contributed by atoms with Crippen LogP contribution < -0.4 is 16.0 Å². The summed E-state index contributed by atoms with van der Waals surface area (Å²) in [5, 5.41) is 17.9. The van der Waals surface area contributed by atoms with Gasteiger partial charge in [-0.25, -0.2) is 0 Å². The third-order valence-corrected chi connectivity index (χ3v) is 3.89. The summed E-state index contributed by atoms with van der Waals surface area (Å²) in [6.07, 6.45) is 0.780. The molecule has 0 bridgehead atoms. The van der Waals surface area contributed by atoms with Crippen LogP contribution in [-0.2, 0) is 13.0 Å². The normalized spacial score (nSPS) is 10.7. The number of hydrogen-bond acceptors (Lipinski definition) is 3.